The number of aryl methyl sites for hydroxylation is 2. The largest absolute Gasteiger partial charge is 0.396 e. The van der Waals surface area contributed by atoms with Gasteiger partial charge in [-0.2, -0.15) is 0 Å². The van der Waals surface area contributed by atoms with Crippen molar-refractivity contribution in [2.24, 2.45) is 0 Å². The fourth-order valence-corrected chi connectivity index (χ4v) is 4.45. The minimum Gasteiger partial charge on any atom is -0.396 e. The first-order valence-electron chi connectivity index (χ1n) is 6.02. The molecule has 0 amide bonds. The molecule has 0 spiro atoms. The van der Waals surface area contributed by atoms with Crippen molar-refractivity contribution in [1.82, 2.24) is 0 Å². The zero-order valence-electron chi connectivity index (χ0n) is 10.6. The SMILES string of the molecule is Cc1ccsc1C(O)(CCCO)c1sccc1C. The van der Waals surface area contributed by atoms with Crippen LogP contribution in [0, 0.1) is 13.8 Å². The Hall–Kier alpha value is -0.680. The molecule has 2 aromatic rings. The number of rotatable bonds is 5. The fourth-order valence-electron chi connectivity index (χ4n) is 2.26. The van der Waals surface area contributed by atoms with Crippen LogP contribution < -0.4 is 0 Å². The van der Waals surface area contributed by atoms with E-state index in [0.29, 0.717) is 12.8 Å². The van der Waals surface area contributed by atoms with Crippen molar-refractivity contribution >= 4 is 22.7 Å². The van der Waals surface area contributed by atoms with Crippen LogP contribution in [0.25, 0.3) is 0 Å². The highest BCUT2D eigenvalue weighted by Gasteiger charge is 2.35. The number of thiophene rings is 2. The summed E-state index contributed by atoms with van der Waals surface area (Å²) in [5.41, 5.74) is 1.29. The lowest BCUT2D eigenvalue weighted by atomic mass is 9.90. The molecular formula is C14H18O2S2. The van der Waals surface area contributed by atoms with Crippen LogP contribution in [-0.4, -0.2) is 16.8 Å². The third-order valence-corrected chi connectivity index (χ3v) is 5.51. The highest BCUT2D eigenvalue weighted by molar-refractivity contribution is 7.12. The van der Waals surface area contributed by atoms with Gasteiger partial charge in [0.1, 0.15) is 5.60 Å². The van der Waals surface area contributed by atoms with Gasteiger partial charge in [0.2, 0.25) is 0 Å². The zero-order chi connectivity index (χ0) is 13.2. The molecule has 0 saturated heterocycles. The Labute approximate surface area is 116 Å². The van der Waals surface area contributed by atoms with Crippen LogP contribution in [0.5, 0.6) is 0 Å². The summed E-state index contributed by atoms with van der Waals surface area (Å²) < 4.78 is 0. The summed E-state index contributed by atoms with van der Waals surface area (Å²) >= 11 is 3.18. The lowest BCUT2D eigenvalue weighted by Crippen LogP contribution is -2.27. The second-order valence-corrected chi connectivity index (χ2v) is 6.39. The Morgan fingerprint density at radius 2 is 1.56 bits per heavy atom. The highest BCUT2D eigenvalue weighted by atomic mass is 32.1. The molecule has 0 bridgehead atoms. The molecule has 2 rings (SSSR count). The third kappa shape index (κ3) is 2.38. The molecule has 0 atom stereocenters. The van der Waals surface area contributed by atoms with Gasteiger partial charge < -0.3 is 10.2 Å². The first kappa shape index (κ1) is 13.7. The maximum atomic E-state index is 11.1. The average molecular weight is 282 g/mol. The van der Waals surface area contributed by atoms with Crippen molar-refractivity contribution in [3.63, 3.8) is 0 Å². The maximum absolute atomic E-state index is 11.1. The van der Waals surface area contributed by atoms with E-state index in [1.807, 2.05) is 36.7 Å². The van der Waals surface area contributed by atoms with E-state index in [-0.39, 0.29) is 6.61 Å². The van der Waals surface area contributed by atoms with E-state index in [1.165, 1.54) is 0 Å². The maximum Gasteiger partial charge on any atom is 0.133 e. The van der Waals surface area contributed by atoms with E-state index < -0.39 is 5.60 Å². The van der Waals surface area contributed by atoms with Crippen molar-refractivity contribution in [3.05, 3.63) is 43.8 Å². The Balaban J connectivity index is 2.48. The first-order chi connectivity index (χ1) is 8.59. The monoisotopic (exact) mass is 282 g/mol. The van der Waals surface area contributed by atoms with E-state index in [1.54, 1.807) is 22.7 Å². The molecular weight excluding hydrogens is 264 g/mol. The molecule has 0 aliphatic carbocycles. The van der Waals surface area contributed by atoms with Crippen molar-refractivity contribution in [1.29, 1.82) is 0 Å². The van der Waals surface area contributed by atoms with E-state index in [4.69, 9.17) is 5.11 Å². The molecule has 0 radical (unpaired) electrons. The molecule has 0 saturated carbocycles. The van der Waals surface area contributed by atoms with Gasteiger partial charge in [-0.15, -0.1) is 22.7 Å². The molecule has 2 heterocycles. The molecule has 0 aliphatic heterocycles. The van der Waals surface area contributed by atoms with Crippen LogP contribution in [0.2, 0.25) is 0 Å². The van der Waals surface area contributed by atoms with Crippen LogP contribution in [0.4, 0.5) is 0 Å². The van der Waals surface area contributed by atoms with Gasteiger partial charge in [0, 0.05) is 16.4 Å². The Kier molecular flexibility index (Phi) is 4.22. The molecule has 2 N–H and O–H groups in total. The molecule has 0 unspecified atom stereocenters. The van der Waals surface area contributed by atoms with Gasteiger partial charge in [-0.3, -0.25) is 0 Å². The summed E-state index contributed by atoms with van der Waals surface area (Å²) in [6, 6.07) is 4.07. The lowest BCUT2D eigenvalue weighted by Gasteiger charge is -2.28. The van der Waals surface area contributed by atoms with E-state index in [9.17, 15) is 5.11 Å². The minimum absolute atomic E-state index is 0.108. The number of hydrogen-bond donors (Lipinski definition) is 2. The molecule has 98 valence electrons. The van der Waals surface area contributed by atoms with Crippen molar-refractivity contribution in [2.75, 3.05) is 6.61 Å². The van der Waals surface area contributed by atoms with Gasteiger partial charge >= 0.3 is 0 Å². The zero-order valence-corrected chi connectivity index (χ0v) is 12.3. The highest BCUT2D eigenvalue weighted by Crippen LogP contribution is 2.42. The number of hydrogen-bond acceptors (Lipinski definition) is 4. The smallest absolute Gasteiger partial charge is 0.133 e. The molecule has 18 heavy (non-hydrogen) atoms. The Morgan fingerprint density at radius 3 is 1.89 bits per heavy atom. The van der Waals surface area contributed by atoms with Gasteiger partial charge in [-0.25, -0.2) is 0 Å². The predicted octanol–water partition coefficient (Wildman–Crippen LogP) is 3.43. The molecule has 2 aromatic heterocycles. The molecule has 2 nitrogen and oxygen atoms in total. The standard InChI is InChI=1S/C14H18O2S2/c1-10-4-8-17-12(10)14(16,6-3-7-15)13-11(2)5-9-18-13/h4-5,8-9,15-16H,3,6-7H2,1-2H3. The summed E-state index contributed by atoms with van der Waals surface area (Å²) in [6.07, 6.45) is 1.16. The Bertz CT molecular complexity index is 473. The molecule has 0 aliphatic rings. The van der Waals surface area contributed by atoms with E-state index >= 15 is 0 Å². The van der Waals surface area contributed by atoms with Gasteiger partial charge in [0.05, 0.1) is 0 Å². The van der Waals surface area contributed by atoms with Gasteiger partial charge in [0.25, 0.3) is 0 Å². The fraction of sp³-hybridized carbons (Fsp3) is 0.429. The normalized spacial score (nSPS) is 12.0. The van der Waals surface area contributed by atoms with Crippen LogP contribution in [0.3, 0.4) is 0 Å². The van der Waals surface area contributed by atoms with Crippen LogP contribution in [-0.2, 0) is 5.60 Å². The second kappa shape index (κ2) is 5.53. The molecule has 0 aromatic carbocycles. The summed E-state index contributed by atoms with van der Waals surface area (Å²) in [5.74, 6) is 0. The summed E-state index contributed by atoms with van der Waals surface area (Å²) in [7, 11) is 0. The van der Waals surface area contributed by atoms with Crippen LogP contribution in [0.15, 0.2) is 22.9 Å². The lowest BCUT2D eigenvalue weighted by molar-refractivity contribution is 0.0687. The van der Waals surface area contributed by atoms with Crippen molar-refractivity contribution in [2.45, 2.75) is 32.3 Å². The van der Waals surface area contributed by atoms with Gasteiger partial charge in [-0.05, 0) is 60.7 Å². The summed E-state index contributed by atoms with van der Waals surface area (Å²) in [4.78, 5) is 2.00. The third-order valence-electron chi connectivity index (χ3n) is 3.17. The quantitative estimate of drug-likeness (QED) is 0.882. The number of aliphatic hydroxyl groups excluding tert-OH is 1. The van der Waals surface area contributed by atoms with Crippen molar-refractivity contribution in [3.8, 4) is 0 Å². The second-order valence-electron chi connectivity index (χ2n) is 4.55. The van der Waals surface area contributed by atoms with Crippen LogP contribution in [0.1, 0.15) is 33.7 Å². The molecule has 4 heteroatoms. The van der Waals surface area contributed by atoms with Gasteiger partial charge in [0.15, 0.2) is 0 Å². The number of aliphatic hydroxyl groups is 2. The van der Waals surface area contributed by atoms with E-state index in [2.05, 4.69) is 0 Å². The topological polar surface area (TPSA) is 40.5 Å². The van der Waals surface area contributed by atoms with Gasteiger partial charge in [-0.1, -0.05) is 0 Å². The molecule has 0 fully saturated rings. The first-order valence-corrected chi connectivity index (χ1v) is 7.78. The average Bonchev–Trinajstić information content (AvgIpc) is 2.95. The predicted molar refractivity (Wildman–Crippen MR) is 77.4 cm³/mol. The van der Waals surface area contributed by atoms with Crippen molar-refractivity contribution < 1.29 is 10.2 Å². The summed E-state index contributed by atoms with van der Waals surface area (Å²) in [5, 5.41) is 24.2. The Morgan fingerprint density at radius 1 is 1.06 bits per heavy atom. The summed E-state index contributed by atoms with van der Waals surface area (Å²) in [6.45, 7) is 4.16. The van der Waals surface area contributed by atoms with Crippen LogP contribution >= 0.6 is 22.7 Å². The minimum atomic E-state index is -0.945. The van der Waals surface area contributed by atoms with E-state index in [0.717, 1.165) is 20.9 Å².